The molecule has 4 heteroatoms. The first-order chi connectivity index (χ1) is 25.8. The zero-order valence-electron chi connectivity index (χ0n) is 27.8. The van der Waals surface area contributed by atoms with Crippen molar-refractivity contribution >= 4 is 75.1 Å². The molecule has 3 aromatic heterocycles. The summed E-state index contributed by atoms with van der Waals surface area (Å²) in [6.45, 7) is 0. The molecule has 3 heterocycles. The van der Waals surface area contributed by atoms with Crippen LogP contribution in [0.1, 0.15) is 0 Å². The lowest BCUT2D eigenvalue weighted by molar-refractivity contribution is 1.08. The standard InChI is InChI=1S/C48H27N3S/c1-3-11-28(12-4-1)32-23-37-35-19-9-16-31-17-10-20-36(43(31)35)38-24-33(29-13-5-2-6-14-29)26-40-45(38)44(37)39(25-32)51(40)42-27-49-48-47(50-42)46-34-18-8-7-15-30(34)21-22-41(46)52-48/h1-27H. The Hall–Kier alpha value is -6.62. The van der Waals surface area contributed by atoms with E-state index in [0.717, 1.165) is 27.2 Å². The van der Waals surface area contributed by atoms with Crippen molar-refractivity contribution < 1.29 is 0 Å². The van der Waals surface area contributed by atoms with E-state index in [2.05, 4.69) is 162 Å². The molecule has 1 aliphatic rings. The molecule has 0 amide bonds. The van der Waals surface area contributed by atoms with Crippen LogP contribution >= 0.6 is 11.3 Å². The second kappa shape index (κ2) is 10.5. The van der Waals surface area contributed by atoms with Crippen LogP contribution in [0.2, 0.25) is 0 Å². The number of benzene rings is 8. The molecule has 0 N–H and O–H groups in total. The summed E-state index contributed by atoms with van der Waals surface area (Å²) in [6, 6.07) is 57.6. The summed E-state index contributed by atoms with van der Waals surface area (Å²) in [5.74, 6) is 0.819. The molecule has 0 saturated carbocycles. The second-order valence-electron chi connectivity index (χ2n) is 13.8. The Balaban J connectivity index is 1.29. The monoisotopic (exact) mass is 677 g/mol. The summed E-state index contributed by atoms with van der Waals surface area (Å²) in [7, 11) is 0. The quantitative estimate of drug-likeness (QED) is 0.186. The Morgan fingerprint density at radius 1 is 0.442 bits per heavy atom. The largest absolute Gasteiger partial charge is 0.292 e. The fourth-order valence-corrected chi connectivity index (χ4v) is 9.72. The van der Waals surface area contributed by atoms with Crippen molar-refractivity contribution in [1.29, 1.82) is 0 Å². The van der Waals surface area contributed by atoms with Gasteiger partial charge >= 0.3 is 0 Å². The molecule has 240 valence electrons. The van der Waals surface area contributed by atoms with E-state index >= 15 is 0 Å². The molecule has 0 bridgehead atoms. The average molecular weight is 678 g/mol. The lowest BCUT2D eigenvalue weighted by Gasteiger charge is -2.15. The van der Waals surface area contributed by atoms with Crippen LogP contribution in [0.3, 0.4) is 0 Å². The van der Waals surface area contributed by atoms with Crippen LogP contribution in [0.4, 0.5) is 0 Å². The van der Waals surface area contributed by atoms with Gasteiger partial charge in [-0.1, -0.05) is 127 Å². The lowest BCUT2D eigenvalue weighted by atomic mass is 9.91. The van der Waals surface area contributed by atoms with Gasteiger partial charge in [0.1, 0.15) is 10.3 Å². The van der Waals surface area contributed by atoms with E-state index in [9.17, 15) is 0 Å². The molecule has 0 aliphatic heterocycles. The fraction of sp³-hybridized carbons (Fsp3) is 0. The van der Waals surface area contributed by atoms with E-state index in [4.69, 9.17) is 9.97 Å². The number of rotatable bonds is 3. The summed E-state index contributed by atoms with van der Waals surface area (Å²) in [6.07, 6.45) is 1.98. The van der Waals surface area contributed by atoms with Gasteiger partial charge in [0.05, 0.1) is 17.2 Å². The number of nitrogens with zero attached hydrogens (tertiary/aromatic N) is 3. The molecule has 11 aromatic rings. The van der Waals surface area contributed by atoms with Crippen LogP contribution in [0.5, 0.6) is 0 Å². The maximum Gasteiger partial charge on any atom is 0.157 e. The van der Waals surface area contributed by atoms with Gasteiger partial charge in [0, 0.05) is 20.9 Å². The highest BCUT2D eigenvalue weighted by atomic mass is 32.1. The van der Waals surface area contributed by atoms with Gasteiger partial charge < -0.3 is 0 Å². The lowest BCUT2D eigenvalue weighted by Crippen LogP contribution is -2.00. The van der Waals surface area contributed by atoms with Gasteiger partial charge in [-0.25, -0.2) is 9.97 Å². The number of hydrogen-bond acceptors (Lipinski definition) is 3. The van der Waals surface area contributed by atoms with E-state index in [0.29, 0.717) is 0 Å². The van der Waals surface area contributed by atoms with Crippen LogP contribution in [0, 0.1) is 0 Å². The van der Waals surface area contributed by atoms with Crippen molar-refractivity contribution in [2.45, 2.75) is 0 Å². The predicted octanol–water partition coefficient (Wildman–Crippen LogP) is 13.2. The van der Waals surface area contributed by atoms with Crippen LogP contribution in [-0.2, 0) is 0 Å². The third kappa shape index (κ3) is 3.84. The van der Waals surface area contributed by atoms with E-state index in [1.807, 2.05) is 6.20 Å². The minimum absolute atomic E-state index is 0.819. The van der Waals surface area contributed by atoms with Gasteiger partial charge in [-0.05, 0) is 96.4 Å². The minimum Gasteiger partial charge on any atom is -0.292 e. The molecule has 0 saturated heterocycles. The van der Waals surface area contributed by atoms with Gasteiger partial charge in [-0.3, -0.25) is 4.57 Å². The first kappa shape index (κ1) is 28.1. The molecule has 0 radical (unpaired) electrons. The molecule has 12 rings (SSSR count). The SMILES string of the molecule is c1ccc(-c2cc3c4c5c(cc(-c6ccccc6)cc5n(-c5cnc6sc7ccc8ccccc8c7c6n5)c4c2)-c2cccc4cccc-3c24)cc1. The first-order valence-electron chi connectivity index (χ1n) is 17.7. The Morgan fingerprint density at radius 2 is 1.04 bits per heavy atom. The third-order valence-electron chi connectivity index (χ3n) is 11.0. The predicted molar refractivity (Wildman–Crippen MR) is 220 cm³/mol. The Bertz CT molecular complexity index is 3140. The molecule has 0 spiro atoms. The molecule has 0 fully saturated rings. The highest BCUT2D eigenvalue weighted by Crippen LogP contribution is 2.52. The average Bonchev–Trinajstić information content (AvgIpc) is 3.72. The van der Waals surface area contributed by atoms with Gasteiger partial charge in [0.25, 0.3) is 0 Å². The molecule has 0 atom stereocenters. The van der Waals surface area contributed by atoms with Gasteiger partial charge in [-0.15, -0.1) is 11.3 Å². The number of thiophene rings is 1. The Morgan fingerprint density at radius 3 is 1.69 bits per heavy atom. The van der Waals surface area contributed by atoms with Gasteiger partial charge in [-0.2, -0.15) is 0 Å². The summed E-state index contributed by atoms with van der Waals surface area (Å²) >= 11 is 1.71. The Kier molecular flexibility index (Phi) is 5.65. The summed E-state index contributed by atoms with van der Waals surface area (Å²) in [5.41, 5.74) is 12.9. The molecule has 8 aromatic carbocycles. The van der Waals surface area contributed by atoms with Crippen molar-refractivity contribution in [1.82, 2.24) is 14.5 Å². The summed E-state index contributed by atoms with van der Waals surface area (Å²) in [4.78, 5) is 11.6. The number of hydrogen-bond donors (Lipinski definition) is 0. The highest BCUT2D eigenvalue weighted by Gasteiger charge is 2.27. The van der Waals surface area contributed by atoms with Crippen LogP contribution in [0.25, 0.3) is 114 Å². The van der Waals surface area contributed by atoms with Crippen molar-refractivity contribution in [2.24, 2.45) is 0 Å². The summed E-state index contributed by atoms with van der Waals surface area (Å²) in [5, 5.41) is 8.63. The number of fused-ring (bicyclic) bond motifs is 7. The van der Waals surface area contributed by atoms with E-state index in [1.165, 1.54) is 86.9 Å². The molecule has 52 heavy (non-hydrogen) atoms. The number of aromatic nitrogens is 3. The Labute approximate surface area is 302 Å². The van der Waals surface area contributed by atoms with Crippen molar-refractivity contribution in [2.75, 3.05) is 0 Å². The topological polar surface area (TPSA) is 30.7 Å². The van der Waals surface area contributed by atoms with Crippen LogP contribution in [-0.4, -0.2) is 14.5 Å². The maximum atomic E-state index is 5.56. The molecule has 0 unspecified atom stereocenters. The van der Waals surface area contributed by atoms with Crippen LogP contribution in [0.15, 0.2) is 164 Å². The summed E-state index contributed by atoms with van der Waals surface area (Å²) < 4.78 is 3.58. The maximum absolute atomic E-state index is 5.56. The van der Waals surface area contributed by atoms with E-state index in [-0.39, 0.29) is 0 Å². The molecule has 1 aliphatic carbocycles. The van der Waals surface area contributed by atoms with Crippen molar-refractivity contribution in [3.8, 4) is 50.3 Å². The first-order valence-corrected chi connectivity index (χ1v) is 18.5. The van der Waals surface area contributed by atoms with Crippen LogP contribution < -0.4 is 0 Å². The normalized spacial score (nSPS) is 12.2. The van der Waals surface area contributed by atoms with Gasteiger partial charge in [0.15, 0.2) is 5.82 Å². The second-order valence-corrected chi connectivity index (χ2v) is 14.8. The fourth-order valence-electron chi connectivity index (χ4n) is 8.72. The van der Waals surface area contributed by atoms with E-state index < -0.39 is 0 Å². The van der Waals surface area contributed by atoms with E-state index in [1.54, 1.807) is 11.3 Å². The highest BCUT2D eigenvalue weighted by molar-refractivity contribution is 7.25. The zero-order valence-corrected chi connectivity index (χ0v) is 28.7. The van der Waals surface area contributed by atoms with Crippen molar-refractivity contribution in [3.05, 3.63) is 164 Å². The zero-order chi connectivity index (χ0) is 33.9. The molecule has 3 nitrogen and oxygen atoms in total. The minimum atomic E-state index is 0.819. The van der Waals surface area contributed by atoms with Gasteiger partial charge in [0.2, 0.25) is 0 Å². The van der Waals surface area contributed by atoms with Crippen molar-refractivity contribution in [3.63, 3.8) is 0 Å². The third-order valence-corrected chi connectivity index (χ3v) is 12.0. The molecular formula is C48H27N3S. The molecular weight excluding hydrogens is 651 g/mol. The smallest absolute Gasteiger partial charge is 0.157 e.